The van der Waals surface area contributed by atoms with Gasteiger partial charge in [-0.05, 0) is 215 Å². The fourth-order valence-corrected chi connectivity index (χ4v) is 16.7. The third-order valence-corrected chi connectivity index (χ3v) is 20.7. The molecule has 2 aliphatic rings. The van der Waals surface area contributed by atoms with Crippen LogP contribution in [0.4, 0.5) is 28.4 Å². The third-order valence-electron chi connectivity index (χ3n) is 18.2. The standard InChI is InChI=1S/C82H54N2S2/c1-3-19-76(80-52(2)65-24-12-16-32-78(65)85-80)83(61-20-6-4-7-21-61)63-42-38-53(39-43-63)55-34-36-57-48-70-71-49-58-37-35-56(47-60(58)51-75(71)82(74(70)50-59(57)46-55)72-29-14-10-25-66(72)67-26-11-15-30-73(67)82)54-40-44-64(45-41-54)84(62-22-8-5-9-23-62)77-31-18-28-69-68-27-13-17-33-79(68)86-81(69)77/h3-51H,1H2,2H3/b76-19+. The van der Waals surface area contributed by atoms with Crippen molar-refractivity contribution in [3.63, 3.8) is 0 Å². The summed E-state index contributed by atoms with van der Waals surface area (Å²) in [7, 11) is 0. The maximum Gasteiger partial charge on any atom is 0.0725 e. The Kier molecular flexibility index (Phi) is 11.6. The van der Waals surface area contributed by atoms with Gasteiger partial charge >= 0.3 is 0 Å². The summed E-state index contributed by atoms with van der Waals surface area (Å²) in [5.74, 6) is 0. The largest absolute Gasteiger partial charge is 0.309 e. The summed E-state index contributed by atoms with van der Waals surface area (Å²) in [5.41, 5.74) is 22.7. The summed E-state index contributed by atoms with van der Waals surface area (Å²) >= 11 is 3.70. The number of benzene rings is 13. The summed E-state index contributed by atoms with van der Waals surface area (Å²) in [5, 5.41) is 8.79. The molecule has 2 heterocycles. The maximum absolute atomic E-state index is 4.19. The van der Waals surface area contributed by atoms with Crippen LogP contribution in [0.15, 0.2) is 304 Å². The van der Waals surface area contributed by atoms with Gasteiger partial charge in [-0.1, -0.05) is 195 Å². The van der Waals surface area contributed by atoms with Gasteiger partial charge in [0.25, 0.3) is 0 Å². The van der Waals surface area contributed by atoms with Crippen LogP contribution in [0.1, 0.15) is 32.7 Å². The van der Waals surface area contributed by atoms with E-state index in [1.54, 1.807) is 0 Å². The highest BCUT2D eigenvalue weighted by Gasteiger charge is 2.52. The van der Waals surface area contributed by atoms with Crippen LogP contribution >= 0.6 is 22.7 Å². The van der Waals surface area contributed by atoms with Gasteiger partial charge in [0.15, 0.2) is 0 Å². The van der Waals surface area contributed by atoms with Crippen molar-refractivity contribution in [1.29, 1.82) is 0 Å². The van der Waals surface area contributed by atoms with Crippen LogP contribution in [-0.2, 0) is 5.41 Å². The van der Waals surface area contributed by atoms with E-state index in [0.29, 0.717) is 0 Å². The summed E-state index contributed by atoms with van der Waals surface area (Å²) in [4.78, 5) is 6.02. The lowest BCUT2D eigenvalue weighted by Crippen LogP contribution is -2.25. The Morgan fingerprint density at radius 1 is 0.372 bits per heavy atom. The molecule has 0 bridgehead atoms. The molecule has 15 aromatic rings. The van der Waals surface area contributed by atoms with E-state index in [4.69, 9.17) is 0 Å². The second kappa shape index (κ2) is 19.9. The average Bonchev–Trinajstić information content (AvgIpc) is 1.51. The average molecular weight is 1130 g/mol. The molecule has 0 saturated heterocycles. The molecule has 2 aliphatic carbocycles. The summed E-state index contributed by atoms with van der Waals surface area (Å²) in [6.45, 7) is 6.43. The first-order valence-corrected chi connectivity index (χ1v) is 31.1. The molecule has 404 valence electrons. The van der Waals surface area contributed by atoms with Gasteiger partial charge < -0.3 is 9.80 Å². The highest BCUT2D eigenvalue weighted by atomic mass is 32.1. The molecule has 0 saturated carbocycles. The van der Waals surface area contributed by atoms with Crippen LogP contribution < -0.4 is 9.80 Å². The van der Waals surface area contributed by atoms with E-state index in [1.807, 2.05) is 28.7 Å². The monoisotopic (exact) mass is 1130 g/mol. The molecule has 0 fully saturated rings. The van der Waals surface area contributed by atoms with Crippen molar-refractivity contribution in [2.45, 2.75) is 12.3 Å². The minimum absolute atomic E-state index is 0.516. The maximum atomic E-state index is 4.19. The van der Waals surface area contributed by atoms with E-state index in [-0.39, 0.29) is 0 Å². The van der Waals surface area contributed by atoms with Crippen molar-refractivity contribution in [3.05, 3.63) is 337 Å². The van der Waals surface area contributed by atoms with Crippen molar-refractivity contribution in [2.24, 2.45) is 0 Å². The minimum atomic E-state index is -0.516. The topological polar surface area (TPSA) is 6.48 Å². The van der Waals surface area contributed by atoms with Crippen LogP contribution in [0.2, 0.25) is 0 Å². The number of rotatable bonds is 10. The Bertz CT molecular complexity index is 5220. The number of anilines is 5. The van der Waals surface area contributed by atoms with Crippen LogP contribution in [-0.4, -0.2) is 0 Å². The molecular weight excluding hydrogens is 1080 g/mol. The Balaban J connectivity index is 0.762. The molecule has 17 rings (SSSR count). The summed E-state index contributed by atoms with van der Waals surface area (Å²) < 4.78 is 3.87. The lowest BCUT2D eigenvalue weighted by atomic mass is 9.70. The molecule has 0 radical (unpaired) electrons. The minimum Gasteiger partial charge on any atom is -0.309 e. The van der Waals surface area contributed by atoms with Crippen LogP contribution in [0.3, 0.4) is 0 Å². The normalized spacial score (nSPS) is 12.9. The molecule has 13 aromatic carbocycles. The zero-order valence-corrected chi connectivity index (χ0v) is 48.8. The molecule has 0 aliphatic heterocycles. The Hall–Kier alpha value is -10.4. The smallest absolute Gasteiger partial charge is 0.0725 e. The second-order valence-corrected chi connectivity index (χ2v) is 24.9. The summed E-state index contributed by atoms with van der Waals surface area (Å²) in [6.07, 6.45) is 4.07. The van der Waals surface area contributed by atoms with E-state index in [9.17, 15) is 0 Å². The van der Waals surface area contributed by atoms with Crippen molar-refractivity contribution in [2.75, 3.05) is 9.80 Å². The van der Waals surface area contributed by atoms with Crippen molar-refractivity contribution in [1.82, 2.24) is 0 Å². The zero-order chi connectivity index (χ0) is 57.0. The van der Waals surface area contributed by atoms with Gasteiger partial charge in [0.2, 0.25) is 0 Å². The molecule has 0 N–H and O–H groups in total. The number of hydrogen-bond donors (Lipinski definition) is 0. The van der Waals surface area contributed by atoms with Gasteiger partial charge in [-0.15, -0.1) is 22.7 Å². The molecular formula is C82H54N2S2. The highest BCUT2D eigenvalue weighted by molar-refractivity contribution is 7.26. The molecule has 4 heteroatoms. The van der Waals surface area contributed by atoms with Gasteiger partial charge in [-0.3, -0.25) is 0 Å². The molecule has 86 heavy (non-hydrogen) atoms. The first-order valence-electron chi connectivity index (χ1n) is 29.5. The van der Waals surface area contributed by atoms with E-state index in [0.717, 1.165) is 28.4 Å². The second-order valence-electron chi connectivity index (χ2n) is 22.8. The van der Waals surface area contributed by atoms with Gasteiger partial charge in [0, 0.05) is 42.9 Å². The van der Waals surface area contributed by atoms with E-state index < -0.39 is 5.41 Å². The lowest BCUT2D eigenvalue weighted by molar-refractivity contribution is 0.796. The fraction of sp³-hybridized carbons (Fsp3) is 0.0244. The van der Waals surface area contributed by atoms with Gasteiger partial charge in [-0.25, -0.2) is 0 Å². The molecule has 0 amide bonds. The first kappa shape index (κ1) is 50.2. The fourth-order valence-electron chi connectivity index (χ4n) is 14.3. The summed E-state index contributed by atoms with van der Waals surface area (Å²) in [6, 6.07) is 106. The number of hydrogen-bond acceptors (Lipinski definition) is 4. The van der Waals surface area contributed by atoms with Crippen molar-refractivity contribution >= 4 is 109 Å². The Labute approximate surface area is 508 Å². The van der Waals surface area contributed by atoms with Gasteiger partial charge in [0.1, 0.15) is 0 Å². The lowest BCUT2D eigenvalue weighted by Gasteiger charge is -2.31. The van der Waals surface area contributed by atoms with Crippen LogP contribution in [0.25, 0.3) is 102 Å². The SMILES string of the molecule is C=C/C=C(\c1sc2ccccc2c1C)N(c1ccccc1)c1ccc(-c2ccc3cc4c(cc3c2)C2(c3ccccc3-c3ccccc32)c2cc3cc(-c5ccc(N(c6ccccc6)c6cccc7c6sc6ccccc67)cc5)ccc3cc2-4)cc1. The molecule has 0 unspecified atom stereocenters. The number of para-hydroxylation sites is 2. The number of allylic oxidation sites excluding steroid dienone is 2. The predicted octanol–water partition coefficient (Wildman–Crippen LogP) is 23.4. The Morgan fingerprint density at radius 2 is 0.849 bits per heavy atom. The molecule has 2 aromatic heterocycles. The van der Waals surface area contributed by atoms with E-state index in [1.165, 1.54) is 135 Å². The molecule has 2 nitrogen and oxygen atoms in total. The highest BCUT2D eigenvalue weighted by Crippen LogP contribution is 2.64. The first-order chi connectivity index (χ1) is 42.5. The van der Waals surface area contributed by atoms with Gasteiger partial charge in [0.05, 0.1) is 26.4 Å². The predicted molar refractivity (Wildman–Crippen MR) is 370 cm³/mol. The molecule has 0 atom stereocenters. The zero-order valence-electron chi connectivity index (χ0n) is 47.2. The number of aryl methyl sites for hydroxylation is 1. The van der Waals surface area contributed by atoms with E-state index >= 15 is 0 Å². The van der Waals surface area contributed by atoms with Crippen LogP contribution in [0.5, 0.6) is 0 Å². The number of nitrogens with zero attached hydrogens (tertiary/aromatic N) is 2. The third kappa shape index (κ3) is 7.70. The van der Waals surface area contributed by atoms with E-state index in [2.05, 4.69) is 314 Å². The number of fused-ring (bicyclic) bond motifs is 16. The van der Waals surface area contributed by atoms with Crippen molar-refractivity contribution in [3.8, 4) is 44.5 Å². The van der Waals surface area contributed by atoms with Crippen molar-refractivity contribution < 1.29 is 0 Å². The molecule has 1 spiro atoms. The van der Waals surface area contributed by atoms with Gasteiger partial charge in [-0.2, -0.15) is 0 Å². The quantitative estimate of drug-likeness (QED) is 0.126. The number of thiophene rings is 2. The van der Waals surface area contributed by atoms with Crippen LogP contribution in [0, 0.1) is 6.92 Å². The Morgan fingerprint density at radius 3 is 1.44 bits per heavy atom.